The minimum atomic E-state index is -0.679. The Labute approximate surface area is 142 Å². The van der Waals surface area contributed by atoms with E-state index in [1.54, 1.807) is 17.5 Å². The standard InChI is InChI=1S/C16H15N3O4S/c1-23-16(22)9-6-7-24-15(9)19-13(20)8-12-14(21)18-11-5-3-2-4-10(11)17-12/h2-7,12,17H,8H2,1H3,(H,18,21)(H,19,20). The molecule has 3 rings (SSSR count). The molecule has 0 bridgehead atoms. The van der Waals surface area contributed by atoms with Crippen LogP contribution in [0.25, 0.3) is 0 Å². The van der Waals surface area contributed by atoms with Crippen LogP contribution in [0.15, 0.2) is 35.7 Å². The number of nitrogens with one attached hydrogen (secondary N) is 3. The Morgan fingerprint density at radius 3 is 2.75 bits per heavy atom. The Kier molecular flexibility index (Phi) is 4.48. The van der Waals surface area contributed by atoms with Crippen LogP contribution in [-0.4, -0.2) is 30.9 Å². The van der Waals surface area contributed by atoms with Gasteiger partial charge in [0.1, 0.15) is 11.0 Å². The number of methoxy groups -OCH3 is 1. The van der Waals surface area contributed by atoms with Crippen LogP contribution in [0.3, 0.4) is 0 Å². The third kappa shape index (κ3) is 3.23. The number of thiophene rings is 1. The van der Waals surface area contributed by atoms with Gasteiger partial charge in [-0.15, -0.1) is 11.3 Å². The van der Waals surface area contributed by atoms with Crippen LogP contribution in [0, 0.1) is 0 Å². The molecule has 1 atom stereocenters. The van der Waals surface area contributed by atoms with Gasteiger partial charge < -0.3 is 20.7 Å². The molecule has 0 aliphatic carbocycles. The van der Waals surface area contributed by atoms with E-state index >= 15 is 0 Å². The number of hydrogen-bond donors (Lipinski definition) is 3. The maximum atomic E-state index is 12.2. The Bertz CT molecular complexity index is 802. The molecule has 0 spiro atoms. The average Bonchev–Trinajstić information content (AvgIpc) is 3.02. The van der Waals surface area contributed by atoms with Crippen LogP contribution in [0.5, 0.6) is 0 Å². The molecule has 0 saturated carbocycles. The van der Waals surface area contributed by atoms with Crippen molar-refractivity contribution in [1.29, 1.82) is 0 Å². The van der Waals surface area contributed by atoms with Gasteiger partial charge in [-0.25, -0.2) is 4.79 Å². The molecule has 0 saturated heterocycles. The van der Waals surface area contributed by atoms with Gasteiger partial charge in [0.05, 0.1) is 30.5 Å². The molecule has 1 unspecified atom stereocenters. The Morgan fingerprint density at radius 2 is 2.00 bits per heavy atom. The average molecular weight is 345 g/mol. The first-order valence-corrected chi connectivity index (χ1v) is 8.08. The van der Waals surface area contributed by atoms with E-state index in [1.807, 2.05) is 18.2 Å². The fraction of sp³-hybridized carbons (Fsp3) is 0.188. The number of anilines is 3. The number of para-hydroxylation sites is 2. The topological polar surface area (TPSA) is 96.5 Å². The molecule has 2 amide bonds. The smallest absolute Gasteiger partial charge is 0.340 e. The first kappa shape index (κ1) is 16.0. The van der Waals surface area contributed by atoms with E-state index in [1.165, 1.54) is 18.4 Å². The summed E-state index contributed by atoms with van der Waals surface area (Å²) < 4.78 is 4.66. The SMILES string of the molecule is COC(=O)c1ccsc1NC(=O)CC1Nc2ccccc2NC1=O. The largest absolute Gasteiger partial charge is 0.465 e. The second kappa shape index (κ2) is 6.71. The minimum Gasteiger partial charge on any atom is -0.465 e. The first-order valence-electron chi connectivity index (χ1n) is 7.20. The summed E-state index contributed by atoms with van der Waals surface area (Å²) in [5.41, 5.74) is 1.74. The number of carbonyl (C=O) groups excluding carboxylic acids is 3. The van der Waals surface area contributed by atoms with Gasteiger partial charge >= 0.3 is 5.97 Å². The normalized spacial score (nSPS) is 15.7. The van der Waals surface area contributed by atoms with Crippen molar-refractivity contribution in [2.24, 2.45) is 0 Å². The Morgan fingerprint density at radius 1 is 1.25 bits per heavy atom. The lowest BCUT2D eigenvalue weighted by Crippen LogP contribution is -2.41. The lowest BCUT2D eigenvalue weighted by Gasteiger charge is -2.26. The molecule has 1 aromatic carbocycles. The van der Waals surface area contributed by atoms with Gasteiger partial charge in [0.15, 0.2) is 0 Å². The molecule has 3 N–H and O–H groups in total. The first-order chi connectivity index (χ1) is 11.6. The molecule has 1 aliphatic rings. The van der Waals surface area contributed by atoms with Gasteiger partial charge in [-0.1, -0.05) is 12.1 Å². The van der Waals surface area contributed by atoms with E-state index < -0.39 is 12.0 Å². The summed E-state index contributed by atoms with van der Waals surface area (Å²) >= 11 is 1.22. The molecule has 24 heavy (non-hydrogen) atoms. The van der Waals surface area contributed by atoms with Crippen molar-refractivity contribution in [3.63, 3.8) is 0 Å². The minimum absolute atomic E-state index is 0.0569. The van der Waals surface area contributed by atoms with Crippen molar-refractivity contribution in [2.45, 2.75) is 12.5 Å². The van der Waals surface area contributed by atoms with Gasteiger partial charge in [0, 0.05) is 0 Å². The maximum absolute atomic E-state index is 12.2. The lowest BCUT2D eigenvalue weighted by molar-refractivity contribution is -0.122. The fourth-order valence-corrected chi connectivity index (χ4v) is 3.17. The molecule has 1 aliphatic heterocycles. The monoisotopic (exact) mass is 345 g/mol. The Hall–Kier alpha value is -2.87. The molecule has 8 heteroatoms. The second-order valence-corrected chi connectivity index (χ2v) is 6.06. The number of ether oxygens (including phenoxy) is 1. The zero-order chi connectivity index (χ0) is 17.1. The molecular weight excluding hydrogens is 330 g/mol. The zero-order valence-corrected chi connectivity index (χ0v) is 13.6. The molecule has 0 fully saturated rings. The van der Waals surface area contributed by atoms with Crippen molar-refractivity contribution in [1.82, 2.24) is 0 Å². The number of fused-ring (bicyclic) bond motifs is 1. The maximum Gasteiger partial charge on any atom is 0.340 e. The number of esters is 1. The van der Waals surface area contributed by atoms with Gasteiger partial charge in [-0.3, -0.25) is 9.59 Å². The predicted octanol–water partition coefficient (Wildman–Crippen LogP) is 2.30. The summed E-state index contributed by atoms with van der Waals surface area (Å²) in [5.74, 6) is -1.16. The highest BCUT2D eigenvalue weighted by atomic mass is 32.1. The summed E-state index contributed by atoms with van der Waals surface area (Å²) in [4.78, 5) is 35.9. The number of amides is 2. The van der Waals surface area contributed by atoms with Crippen molar-refractivity contribution in [3.8, 4) is 0 Å². The van der Waals surface area contributed by atoms with Crippen molar-refractivity contribution in [3.05, 3.63) is 41.3 Å². The predicted molar refractivity (Wildman–Crippen MR) is 91.4 cm³/mol. The quantitative estimate of drug-likeness (QED) is 0.739. The van der Waals surface area contributed by atoms with Gasteiger partial charge in [-0.05, 0) is 23.6 Å². The molecule has 1 aromatic heterocycles. The summed E-state index contributed by atoms with van der Waals surface area (Å²) in [6.07, 6.45) is -0.0569. The molecule has 2 heterocycles. The third-order valence-electron chi connectivity index (χ3n) is 3.54. The highest BCUT2D eigenvalue weighted by molar-refractivity contribution is 7.14. The van der Waals surface area contributed by atoms with Crippen LogP contribution in [0.1, 0.15) is 16.8 Å². The molecule has 7 nitrogen and oxygen atoms in total. The van der Waals surface area contributed by atoms with Crippen molar-refractivity contribution < 1.29 is 19.1 Å². The van der Waals surface area contributed by atoms with E-state index in [4.69, 9.17) is 0 Å². The van der Waals surface area contributed by atoms with Crippen LogP contribution >= 0.6 is 11.3 Å². The summed E-state index contributed by atoms with van der Waals surface area (Å²) in [6, 6.07) is 8.17. The highest BCUT2D eigenvalue weighted by Gasteiger charge is 2.27. The fourth-order valence-electron chi connectivity index (χ4n) is 2.37. The van der Waals surface area contributed by atoms with Crippen LogP contribution in [0.4, 0.5) is 16.4 Å². The molecule has 0 radical (unpaired) electrons. The van der Waals surface area contributed by atoms with Gasteiger partial charge in [0.2, 0.25) is 11.8 Å². The molecule has 124 valence electrons. The summed E-state index contributed by atoms with van der Waals surface area (Å²) in [5, 5.41) is 10.6. The molecule has 2 aromatic rings. The number of benzene rings is 1. The van der Waals surface area contributed by atoms with Crippen LogP contribution < -0.4 is 16.0 Å². The van der Waals surface area contributed by atoms with E-state index in [0.29, 0.717) is 16.3 Å². The number of rotatable bonds is 4. The van der Waals surface area contributed by atoms with Crippen molar-refractivity contribution in [2.75, 3.05) is 23.1 Å². The third-order valence-corrected chi connectivity index (χ3v) is 4.37. The van der Waals surface area contributed by atoms with Crippen molar-refractivity contribution >= 4 is 45.5 Å². The van der Waals surface area contributed by atoms with Crippen LogP contribution in [0.2, 0.25) is 0 Å². The van der Waals surface area contributed by atoms with E-state index in [0.717, 1.165) is 5.69 Å². The number of carbonyl (C=O) groups is 3. The zero-order valence-electron chi connectivity index (χ0n) is 12.8. The highest BCUT2D eigenvalue weighted by Crippen LogP contribution is 2.28. The van der Waals surface area contributed by atoms with Crippen LogP contribution in [-0.2, 0) is 14.3 Å². The van der Waals surface area contributed by atoms with Gasteiger partial charge in [0.25, 0.3) is 0 Å². The Balaban J connectivity index is 1.67. The van der Waals surface area contributed by atoms with E-state index in [-0.39, 0.29) is 18.2 Å². The van der Waals surface area contributed by atoms with E-state index in [2.05, 4.69) is 20.7 Å². The van der Waals surface area contributed by atoms with E-state index in [9.17, 15) is 14.4 Å². The molecular formula is C16H15N3O4S. The number of hydrogen-bond acceptors (Lipinski definition) is 6. The summed E-state index contributed by atoms with van der Waals surface area (Å²) in [7, 11) is 1.28. The van der Waals surface area contributed by atoms with Gasteiger partial charge in [-0.2, -0.15) is 0 Å². The second-order valence-electron chi connectivity index (χ2n) is 5.14. The lowest BCUT2D eigenvalue weighted by atomic mass is 10.1. The summed E-state index contributed by atoms with van der Waals surface area (Å²) in [6.45, 7) is 0.